The number of ether oxygens (including phenoxy) is 2. The molecule has 1 aliphatic rings. The van der Waals surface area contributed by atoms with Crippen molar-refractivity contribution in [1.29, 1.82) is 0 Å². The van der Waals surface area contributed by atoms with Gasteiger partial charge in [-0.2, -0.15) is 4.98 Å². The van der Waals surface area contributed by atoms with Crippen LogP contribution < -0.4 is 14.8 Å². The van der Waals surface area contributed by atoms with E-state index in [1.54, 1.807) is 33.4 Å². The molecular formula is C22H25ClIN5O3. The van der Waals surface area contributed by atoms with Crippen molar-refractivity contribution in [2.45, 2.75) is 19.5 Å². The number of halogens is 2. The van der Waals surface area contributed by atoms with E-state index in [4.69, 9.17) is 25.6 Å². The number of nitrogens with zero attached hydrogens (tertiary/aromatic N) is 4. The molecule has 0 radical (unpaired) electrons. The fraction of sp³-hybridized carbons (Fsp3) is 0.318. The van der Waals surface area contributed by atoms with Gasteiger partial charge in [0.05, 0.1) is 20.8 Å². The first-order chi connectivity index (χ1) is 15.1. The van der Waals surface area contributed by atoms with Gasteiger partial charge in [-0.3, -0.25) is 4.99 Å². The van der Waals surface area contributed by atoms with E-state index in [0.717, 1.165) is 36.0 Å². The highest BCUT2D eigenvalue weighted by molar-refractivity contribution is 14.0. The second kappa shape index (κ2) is 10.9. The number of benzene rings is 2. The van der Waals surface area contributed by atoms with Crippen molar-refractivity contribution in [1.82, 2.24) is 20.4 Å². The summed E-state index contributed by atoms with van der Waals surface area (Å²) in [4.78, 5) is 11.1. The molecule has 0 saturated carbocycles. The lowest BCUT2D eigenvalue weighted by Gasteiger charge is -2.32. The number of hydrogen-bond donors (Lipinski definition) is 1. The van der Waals surface area contributed by atoms with Crippen LogP contribution in [0.3, 0.4) is 0 Å². The van der Waals surface area contributed by atoms with Crippen LogP contribution in [0.5, 0.6) is 11.5 Å². The lowest BCUT2D eigenvalue weighted by atomic mass is 9.99. The third kappa shape index (κ3) is 5.26. The number of aromatic nitrogens is 2. The highest BCUT2D eigenvalue weighted by Gasteiger charge is 2.22. The molecule has 1 aliphatic heterocycles. The predicted molar refractivity (Wildman–Crippen MR) is 134 cm³/mol. The molecule has 0 saturated heterocycles. The zero-order valence-corrected chi connectivity index (χ0v) is 21.2. The van der Waals surface area contributed by atoms with Gasteiger partial charge in [0.1, 0.15) is 0 Å². The average molecular weight is 570 g/mol. The Bertz CT molecular complexity index is 1100. The van der Waals surface area contributed by atoms with E-state index < -0.39 is 0 Å². The second-order valence-electron chi connectivity index (χ2n) is 7.07. The van der Waals surface area contributed by atoms with Crippen molar-refractivity contribution in [3.05, 3.63) is 58.4 Å². The topological polar surface area (TPSA) is 85.0 Å². The van der Waals surface area contributed by atoms with Crippen LogP contribution in [0, 0.1) is 0 Å². The number of guanidine groups is 1. The van der Waals surface area contributed by atoms with Gasteiger partial charge in [-0.1, -0.05) is 28.9 Å². The minimum atomic E-state index is 0. The fourth-order valence-corrected chi connectivity index (χ4v) is 3.81. The van der Waals surface area contributed by atoms with Crippen LogP contribution in [0.25, 0.3) is 11.4 Å². The van der Waals surface area contributed by atoms with E-state index >= 15 is 0 Å². The second-order valence-corrected chi connectivity index (χ2v) is 7.51. The van der Waals surface area contributed by atoms with Gasteiger partial charge in [0.25, 0.3) is 0 Å². The molecule has 2 aromatic carbocycles. The van der Waals surface area contributed by atoms with Gasteiger partial charge in [0, 0.05) is 30.7 Å². The summed E-state index contributed by atoms with van der Waals surface area (Å²) in [5.74, 6) is 3.22. The quantitative estimate of drug-likeness (QED) is 0.281. The van der Waals surface area contributed by atoms with Gasteiger partial charge < -0.3 is 24.2 Å². The molecule has 4 rings (SSSR count). The maximum atomic E-state index is 6.05. The van der Waals surface area contributed by atoms with Crippen molar-refractivity contribution >= 4 is 41.5 Å². The van der Waals surface area contributed by atoms with Crippen LogP contribution in [0.1, 0.15) is 17.0 Å². The first-order valence-corrected chi connectivity index (χ1v) is 10.3. The van der Waals surface area contributed by atoms with Crippen LogP contribution in [-0.2, 0) is 19.5 Å². The highest BCUT2D eigenvalue weighted by Crippen LogP contribution is 2.33. The number of fused-ring (bicyclic) bond motifs is 1. The first kappa shape index (κ1) is 24.1. The third-order valence-electron chi connectivity index (χ3n) is 5.18. The molecule has 1 N–H and O–H groups in total. The number of nitrogens with one attached hydrogen (secondary N) is 1. The summed E-state index contributed by atoms with van der Waals surface area (Å²) in [6, 6.07) is 11.4. The van der Waals surface area contributed by atoms with Crippen molar-refractivity contribution < 1.29 is 14.0 Å². The number of methoxy groups -OCH3 is 2. The maximum Gasteiger partial charge on any atom is 0.246 e. The molecule has 0 spiro atoms. The van der Waals surface area contributed by atoms with Crippen LogP contribution >= 0.6 is 35.6 Å². The summed E-state index contributed by atoms with van der Waals surface area (Å²) in [6.07, 6.45) is 0.885. The Morgan fingerprint density at radius 3 is 2.62 bits per heavy atom. The van der Waals surface area contributed by atoms with Crippen molar-refractivity contribution in [2.24, 2.45) is 4.99 Å². The molecule has 3 aromatic rings. The van der Waals surface area contributed by atoms with Crippen molar-refractivity contribution in [3.63, 3.8) is 0 Å². The van der Waals surface area contributed by atoms with Gasteiger partial charge in [0.2, 0.25) is 11.7 Å². The molecule has 32 heavy (non-hydrogen) atoms. The van der Waals surface area contributed by atoms with Gasteiger partial charge in [0.15, 0.2) is 17.5 Å². The van der Waals surface area contributed by atoms with E-state index in [2.05, 4.69) is 31.4 Å². The van der Waals surface area contributed by atoms with Gasteiger partial charge in [-0.25, -0.2) is 0 Å². The van der Waals surface area contributed by atoms with E-state index in [1.807, 2.05) is 18.2 Å². The summed E-state index contributed by atoms with van der Waals surface area (Å²) >= 11 is 6.05. The molecule has 8 nitrogen and oxygen atoms in total. The van der Waals surface area contributed by atoms with E-state index in [0.29, 0.717) is 29.8 Å². The monoisotopic (exact) mass is 569 g/mol. The Morgan fingerprint density at radius 2 is 1.94 bits per heavy atom. The normalized spacial score (nSPS) is 13.2. The van der Waals surface area contributed by atoms with Gasteiger partial charge >= 0.3 is 0 Å². The standard InChI is InChI=1S/C22H24ClN5O3.HI/c1-24-22(25-12-20-26-21(27-31-20)15-5-4-6-17(23)9-15)28-8-7-14-10-18(29-2)19(30-3)11-16(14)13-28;/h4-6,9-11H,7-8,12-13H2,1-3H3,(H,24,25);1H. The summed E-state index contributed by atoms with van der Waals surface area (Å²) in [5, 5.41) is 7.98. The summed E-state index contributed by atoms with van der Waals surface area (Å²) in [7, 11) is 5.06. The molecule has 0 atom stereocenters. The van der Waals surface area contributed by atoms with E-state index in [1.165, 1.54) is 11.1 Å². The molecule has 170 valence electrons. The summed E-state index contributed by atoms with van der Waals surface area (Å²) < 4.78 is 16.3. The Labute approximate surface area is 209 Å². The van der Waals surface area contributed by atoms with Gasteiger partial charge in [-0.15, -0.1) is 24.0 Å². The Hall–Kier alpha value is -2.53. The zero-order valence-electron chi connectivity index (χ0n) is 18.1. The molecule has 0 unspecified atom stereocenters. The molecule has 0 amide bonds. The molecule has 2 heterocycles. The van der Waals surface area contributed by atoms with Crippen LogP contribution in [-0.4, -0.2) is 48.8 Å². The summed E-state index contributed by atoms with van der Waals surface area (Å²) in [6.45, 7) is 1.92. The Morgan fingerprint density at radius 1 is 1.19 bits per heavy atom. The lowest BCUT2D eigenvalue weighted by molar-refractivity contribution is 0.343. The smallest absolute Gasteiger partial charge is 0.246 e. The molecule has 10 heteroatoms. The predicted octanol–water partition coefficient (Wildman–Crippen LogP) is 4.16. The molecule has 1 aromatic heterocycles. The zero-order chi connectivity index (χ0) is 21.8. The van der Waals surface area contributed by atoms with Crippen molar-refractivity contribution in [3.8, 4) is 22.9 Å². The molecule has 0 aliphatic carbocycles. The minimum Gasteiger partial charge on any atom is -0.493 e. The molecular weight excluding hydrogens is 545 g/mol. The highest BCUT2D eigenvalue weighted by atomic mass is 127. The largest absolute Gasteiger partial charge is 0.493 e. The first-order valence-electron chi connectivity index (χ1n) is 9.89. The van der Waals surface area contributed by atoms with Crippen LogP contribution in [0.15, 0.2) is 45.9 Å². The Balaban J connectivity index is 0.00000289. The van der Waals surface area contributed by atoms with E-state index in [-0.39, 0.29) is 24.0 Å². The lowest BCUT2D eigenvalue weighted by Crippen LogP contribution is -2.43. The minimum absolute atomic E-state index is 0. The van der Waals surface area contributed by atoms with Crippen LogP contribution in [0.2, 0.25) is 5.02 Å². The molecule has 0 fully saturated rings. The number of rotatable bonds is 5. The Kier molecular flexibility index (Phi) is 8.19. The molecule has 0 bridgehead atoms. The SMILES string of the molecule is CN=C(NCc1nc(-c2cccc(Cl)c2)no1)N1CCc2cc(OC)c(OC)cc2C1.I. The summed E-state index contributed by atoms with van der Waals surface area (Å²) in [5.41, 5.74) is 3.25. The van der Waals surface area contributed by atoms with Crippen molar-refractivity contribution in [2.75, 3.05) is 27.8 Å². The number of aliphatic imine (C=N–C) groups is 1. The maximum absolute atomic E-state index is 6.05. The van der Waals surface area contributed by atoms with E-state index in [9.17, 15) is 0 Å². The van der Waals surface area contributed by atoms with Gasteiger partial charge in [-0.05, 0) is 41.8 Å². The average Bonchev–Trinajstić information content (AvgIpc) is 3.27. The third-order valence-corrected chi connectivity index (χ3v) is 5.41. The number of hydrogen-bond acceptors (Lipinski definition) is 6. The van der Waals surface area contributed by atoms with Crippen LogP contribution in [0.4, 0.5) is 0 Å². The fourth-order valence-electron chi connectivity index (χ4n) is 3.62.